The number of aromatic hydroxyl groups is 1. The zero-order valence-corrected chi connectivity index (χ0v) is 13.4. The van der Waals surface area contributed by atoms with E-state index in [4.69, 9.17) is 16.3 Å². The first kappa shape index (κ1) is 15.5. The van der Waals surface area contributed by atoms with Crippen molar-refractivity contribution in [2.24, 2.45) is 11.8 Å². The fourth-order valence-electron chi connectivity index (χ4n) is 3.15. The highest BCUT2D eigenvalue weighted by Crippen LogP contribution is 2.36. The Morgan fingerprint density at radius 3 is 2.70 bits per heavy atom. The molecule has 0 radical (unpaired) electrons. The van der Waals surface area contributed by atoms with Gasteiger partial charge in [0.1, 0.15) is 0 Å². The lowest BCUT2D eigenvalue weighted by atomic mass is 9.86. The van der Waals surface area contributed by atoms with Crippen molar-refractivity contribution in [3.63, 3.8) is 0 Å². The van der Waals surface area contributed by atoms with E-state index in [2.05, 4.69) is 25.7 Å². The molecule has 3 atom stereocenters. The third-order valence-electron chi connectivity index (χ3n) is 4.41. The summed E-state index contributed by atoms with van der Waals surface area (Å²) in [5.41, 5.74) is 1.08. The number of hydrogen-bond donors (Lipinski definition) is 1. The molecule has 0 saturated carbocycles. The Morgan fingerprint density at radius 1 is 1.35 bits per heavy atom. The van der Waals surface area contributed by atoms with Gasteiger partial charge in [0.15, 0.2) is 11.5 Å². The number of piperidine rings is 1. The van der Waals surface area contributed by atoms with E-state index in [1.54, 1.807) is 7.11 Å². The quantitative estimate of drug-likeness (QED) is 0.918. The minimum Gasteiger partial charge on any atom is -0.503 e. The summed E-state index contributed by atoms with van der Waals surface area (Å²) in [4.78, 5) is 2.49. The lowest BCUT2D eigenvalue weighted by Crippen LogP contribution is -2.45. The molecule has 1 aromatic rings. The van der Waals surface area contributed by atoms with Crippen molar-refractivity contribution < 1.29 is 9.84 Å². The second-order valence-corrected chi connectivity index (χ2v) is 6.52. The molecule has 2 rings (SSSR count). The van der Waals surface area contributed by atoms with E-state index < -0.39 is 0 Å². The van der Waals surface area contributed by atoms with Crippen molar-refractivity contribution >= 4 is 11.6 Å². The lowest BCUT2D eigenvalue weighted by Gasteiger charge is -2.41. The van der Waals surface area contributed by atoms with E-state index in [0.717, 1.165) is 24.6 Å². The minimum atomic E-state index is 0.0198. The summed E-state index contributed by atoms with van der Waals surface area (Å²) in [6.07, 6.45) is 1.29. The largest absolute Gasteiger partial charge is 0.503 e. The first-order valence-corrected chi connectivity index (χ1v) is 7.59. The van der Waals surface area contributed by atoms with Gasteiger partial charge in [0, 0.05) is 19.1 Å². The maximum Gasteiger partial charge on any atom is 0.176 e. The second-order valence-electron chi connectivity index (χ2n) is 6.12. The number of halogens is 1. The molecule has 0 bridgehead atoms. The average Bonchev–Trinajstić information content (AvgIpc) is 2.39. The number of methoxy groups -OCH3 is 1. The normalized spacial score (nSPS) is 27.6. The van der Waals surface area contributed by atoms with Crippen molar-refractivity contribution in [1.82, 2.24) is 4.90 Å². The van der Waals surface area contributed by atoms with Crippen LogP contribution in [0.2, 0.25) is 5.02 Å². The van der Waals surface area contributed by atoms with Crippen LogP contribution >= 0.6 is 11.6 Å². The van der Waals surface area contributed by atoms with Gasteiger partial charge in [0.2, 0.25) is 0 Å². The Balaban J connectivity index is 2.19. The van der Waals surface area contributed by atoms with Gasteiger partial charge in [-0.05, 0) is 42.9 Å². The van der Waals surface area contributed by atoms with Crippen LogP contribution in [-0.2, 0) is 6.54 Å². The molecular formula is C16H24ClNO2. The van der Waals surface area contributed by atoms with Gasteiger partial charge in [-0.25, -0.2) is 0 Å². The third kappa shape index (κ3) is 3.21. The Labute approximate surface area is 126 Å². The molecule has 0 spiro atoms. The summed E-state index contributed by atoms with van der Waals surface area (Å²) in [5.74, 6) is 1.88. The number of hydrogen-bond acceptors (Lipinski definition) is 3. The molecule has 0 amide bonds. The number of nitrogens with zero attached hydrogens (tertiary/aromatic N) is 1. The van der Waals surface area contributed by atoms with Gasteiger partial charge in [-0.1, -0.05) is 25.4 Å². The Bertz CT molecular complexity index is 478. The van der Waals surface area contributed by atoms with Crippen molar-refractivity contribution in [3.8, 4) is 11.5 Å². The van der Waals surface area contributed by atoms with E-state index in [1.165, 1.54) is 6.42 Å². The minimum absolute atomic E-state index is 0.0198. The summed E-state index contributed by atoms with van der Waals surface area (Å²) in [7, 11) is 1.54. The number of likely N-dealkylation sites (tertiary alicyclic amines) is 1. The zero-order valence-electron chi connectivity index (χ0n) is 12.7. The van der Waals surface area contributed by atoms with Gasteiger partial charge in [-0.2, -0.15) is 0 Å². The molecule has 1 saturated heterocycles. The summed E-state index contributed by atoms with van der Waals surface area (Å²) < 4.78 is 5.17. The molecule has 0 aliphatic carbocycles. The Morgan fingerprint density at radius 2 is 2.05 bits per heavy atom. The van der Waals surface area contributed by atoms with E-state index in [1.807, 2.05) is 12.1 Å². The Hall–Kier alpha value is -0.930. The maximum absolute atomic E-state index is 9.79. The zero-order chi connectivity index (χ0) is 14.9. The predicted molar refractivity (Wildman–Crippen MR) is 82.5 cm³/mol. The van der Waals surface area contributed by atoms with Crippen LogP contribution in [0.5, 0.6) is 11.5 Å². The van der Waals surface area contributed by atoms with Crippen LogP contribution < -0.4 is 4.74 Å². The van der Waals surface area contributed by atoms with E-state index in [9.17, 15) is 5.11 Å². The van der Waals surface area contributed by atoms with Crippen LogP contribution in [0.25, 0.3) is 0 Å². The standard InChI is InChI=1S/C16H24ClNO2/c1-10-5-11(2)12(3)18(8-10)9-13-6-14(17)16(19)15(7-13)20-4/h6-7,10-12,19H,5,8-9H2,1-4H3. The van der Waals surface area contributed by atoms with E-state index in [0.29, 0.717) is 22.7 Å². The highest BCUT2D eigenvalue weighted by molar-refractivity contribution is 6.32. The molecule has 3 unspecified atom stereocenters. The molecule has 1 fully saturated rings. The molecule has 0 aromatic heterocycles. The molecule has 1 aliphatic heterocycles. The van der Waals surface area contributed by atoms with Gasteiger partial charge in [-0.15, -0.1) is 0 Å². The van der Waals surface area contributed by atoms with Crippen LogP contribution in [0.1, 0.15) is 32.8 Å². The monoisotopic (exact) mass is 297 g/mol. The first-order valence-electron chi connectivity index (χ1n) is 7.21. The van der Waals surface area contributed by atoms with Crippen molar-refractivity contribution in [1.29, 1.82) is 0 Å². The van der Waals surface area contributed by atoms with Crippen LogP contribution in [0, 0.1) is 11.8 Å². The van der Waals surface area contributed by atoms with Crippen LogP contribution in [0.4, 0.5) is 0 Å². The molecule has 1 N–H and O–H groups in total. The second kappa shape index (κ2) is 6.23. The average molecular weight is 298 g/mol. The molecular weight excluding hydrogens is 274 g/mol. The molecule has 1 aliphatic rings. The summed E-state index contributed by atoms with van der Waals surface area (Å²) >= 11 is 6.06. The van der Waals surface area contributed by atoms with Crippen molar-refractivity contribution in [3.05, 3.63) is 22.7 Å². The Kier molecular flexibility index (Phi) is 4.82. The molecule has 1 heterocycles. The van der Waals surface area contributed by atoms with Gasteiger partial charge >= 0.3 is 0 Å². The molecule has 3 nitrogen and oxygen atoms in total. The summed E-state index contributed by atoms with van der Waals surface area (Å²) in [6.45, 7) is 8.85. The van der Waals surface area contributed by atoms with Gasteiger partial charge in [-0.3, -0.25) is 4.90 Å². The summed E-state index contributed by atoms with van der Waals surface area (Å²) in [6, 6.07) is 4.26. The topological polar surface area (TPSA) is 32.7 Å². The number of phenolic OH excluding ortho intramolecular Hbond substituents is 1. The van der Waals surface area contributed by atoms with E-state index in [-0.39, 0.29) is 5.75 Å². The van der Waals surface area contributed by atoms with Crippen LogP contribution in [0.15, 0.2) is 12.1 Å². The highest BCUT2D eigenvalue weighted by atomic mass is 35.5. The van der Waals surface area contributed by atoms with E-state index >= 15 is 0 Å². The molecule has 4 heteroatoms. The number of phenols is 1. The number of benzene rings is 1. The fraction of sp³-hybridized carbons (Fsp3) is 0.625. The van der Waals surface area contributed by atoms with Gasteiger partial charge in [0.05, 0.1) is 12.1 Å². The van der Waals surface area contributed by atoms with Gasteiger partial charge < -0.3 is 9.84 Å². The fourth-order valence-corrected chi connectivity index (χ4v) is 3.38. The maximum atomic E-state index is 9.79. The van der Waals surface area contributed by atoms with Crippen LogP contribution in [-0.4, -0.2) is 29.7 Å². The smallest absolute Gasteiger partial charge is 0.176 e. The third-order valence-corrected chi connectivity index (χ3v) is 4.70. The molecule has 20 heavy (non-hydrogen) atoms. The number of ether oxygens (including phenoxy) is 1. The van der Waals surface area contributed by atoms with Crippen molar-refractivity contribution in [2.75, 3.05) is 13.7 Å². The van der Waals surface area contributed by atoms with Crippen LogP contribution in [0.3, 0.4) is 0 Å². The lowest BCUT2D eigenvalue weighted by molar-refractivity contribution is 0.0729. The molecule has 112 valence electrons. The van der Waals surface area contributed by atoms with Crippen molar-refractivity contribution in [2.45, 2.75) is 39.8 Å². The van der Waals surface area contributed by atoms with Gasteiger partial charge in [0.25, 0.3) is 0 Å². The first-order chi connectivity index (χ1) is 9.42. The summed E-state index contributed by atoms with van der Waals surface area (Å²) in [5, 5.41) is 10.1. The highest BCUT2D eigenvalue weighted by Gasteiger charge is 2.28. The number of rotatable bonds is 3. The predicted octanol–water partition coefficient (Wildman–Crippen LogP) is 3.92. The SMILES string of the molecule is COc1cc(CN2CC(C)CC(C)C2C)cc(Cl)c1O. The molecule has 1 aromatic carbocycles.